The molecule has 0 atom stereocenters. The van der Waals surface area contributed by atoms with Crippen LogP contribution in [-0.4, -0.2) is 24.3 Å². The summed E-state index contributed by atoms with van der Waals surface area (Å²) >= 11 is 0. The SMILES string of the molecule is COc1ccc(CC(C)(C)NC(=O)OC(C)(C)C)cc1. The molecule has 0 aliphatic carbocycles. The molecule has 0 fully saturated rings. The largest absolute Gasteiger partial charge is 0.497 e. The first kappa shape index (κ1) is 16.3. The molecule has 1 amide bonds. The van der Waals surface area contributed by atoms with Crippen molar-refractivity contribution in [3.63, 3.8) is 0 Å². The Kier molecular flexibility index (Phi) is 5.03. The van der Waals surface area contributed by atoms with E-state index in [2.05, 4.69) is 5.32 Å². The Bertz CT molecular complexity index is 444. The van der Waals surface area contributed by atoms with Crippen molar-refractivity contribution in [2.75, 3.05) is 7.11 Å². The van der Waals surface area contributed by atoms with Gasteiger partial charge in [0.05, 0.1) is 7.11 Å². The van der Waals surface area contributed by atoms with Crippen molar-refractivity contribution in [2.45, 2.75) is 52.2 Å². The van der Waals surface area contributed by atoms with Gasteiger partial charge in [0.1, 0.15) is 11.4 Å². The smallest absolute Gasteiger partial charge is 0.408 e. The molecule has 4 heteroatoms. The van der Waals surface area contributed by atoms with Gasteiger partial charge in [-0.2, -0.15) is 0 Å². The third-order valence-electron chi connectivity index (χ3n) is 2.64. The summed E-state index contributed by atoms with van der Waals surface area (Å²) in [6.07, 6.45) is 0.326. The highest BCUT2D eigenvalue weighted by molar-refractivity contribution is 5.68. The van der Waals surface area contributed by atoms with E-state index in [1.165, 1.54) is 0 Å². The van der Waals surface area contributed by atoms with E-state index < -0.39 is 11.7 Å². The molecule has 0 bridgehead atoms. The van der Waals surface area contributed by atoms with Gasteiger partial charge in [-0.1, -0.05) is 12.1 Å². The summed E-state index contributed by atoms with van der Waals surface area (Å²) in [6, 6.07) is 7.83. The van der Waals surface area contributed by atoms with Gasteiger partial charge in [-0.15, -0.1) is 0 Å². The van der Waals surface area contributed by atoms with Gasteiger partial charge in [-0.05, 0) is 58.7 Å². The molecule has 1 aromatic carbocycles. The number of amides is 1. The number of benzene rings is 1. The van der Waals surface area contributed by atoms with Gasteiger partial charge in [-0.25, -0.2) is 4.79 Å². The molecule has 1 N–H and O–H groups in total. The molecule has 1 aromatic rings. The number of carbonyl (C=O) groups excluding carboxylic acids is 1. The maximum atomic E-state index is 11.8. The third kappa shape index (κ3) is 5.95. The van der Waals surface area contributed by atoms with Crippen molar-refractivity contribution in [3.05, 3.63) is 29.8 Å². The number of nitrogens with one attached hydrogen (secondary N) is 1. The van der Waals surface area contributed by atoms with Crippen molar-refractivity contribution < 1.29 is 14.3 Å². The summed E-state index contributed by atoms with van der Waals surface area (Å²) in [7, 11) is 1.64. The molecule has 0 unspecified atom stereocenters. The van der Waals surface area contributed by atoms with E-state index in [1.54, 1.807) is 7.11 Å². The number of hydrogen-bond donors (Lipinski definition) is 1. The first-order valence-corrected chi connectivity index (χ1v) is 6.75. The minimum Gasteiger partial charge on any atom is -0.497 e. The van der Waals surface area contributed by atoms with Gasteiger partial charge in [0.15, 0.2) is 0 Å². The molecule has 112 valence electrons. The first-order chi connectivity index (χ1) is 9.11. The molecule has 0 saturated heterocycles. The lowest BCUT2D eigenvalue weighted by Gasteiger charge is -2.28. The molecule has 0 aliphatic rings. The predicted octanol–water partition coefficient (Wildman–Crippen LogP) is 3.54. The summed E-state index contributed by atoms with van der Waals surface area (Å²) in [5.41, 5.74) is 0.267. The van der Waals surface area contributed by atoms with E-state index in [0.29, 0.717) is 0 Å². The van der Waals surface area contributed by atoms with Gasteiger partial charge >= 0.3 is 6.09 Å². The minimum atomic E-state index is -0.486. The quantitative estimate of drug-likeness (QED) is 0.917. The Morgan fingerprint density at radius 3 is 2.10 bits per heavy atom. The van der Waals surface area contributed by atoms with Crippen LogP contribution >= 0.6 is 0 Å². The molecular formula is C16H25NO3. The summed E-state index contributed by atoms with van der Waals surface area (Å²) < 4.78 is 10.4. The molecular weight excluding hydrogens is 254 g/mol. The molecule has 20 heavy (non-hydrogen) atoms. The lowest BCUT2D eigenvalue weighted by molar-refractivity contribution is 0.0472. The van der Waals surface area contributed by atoms with Crippen molar-refractivity contribution in [2.24, 2.45) is 0 Å². The fraction of sp³-hybridized carbons (Fsp3) is 0.562. The Morgan fingerprint density at radius 2 is 1.65 bits per heavy atom. The zero-order valence-corrected chi connectivity index (χ0v) is 13.2. The van der Waals surface area contributed by atoms with E-state index in [-0.39, 0.29) is 5.54 Å². The molecule has 0 aromatic heterocycles. The fourth-order valence-corrected chi connectivity index (χ4v) is 1.88. The average Bonchev–Trinajstić information content (AvgIpc) is 2.25. The number of ether oxygens (including phenoxy) is 2. The number of alkyl carbamates (subject to hydrolysis) is 1. The van der Waals surface area contributed by atoms with Crippen molar-refractivity contribution >= 4 is 6.09 Å². The maximum Gasteiger partial charge on any atom is 0.408 e. The topological polar surface area (TPSA) is 47.6 Å². The molecule has 0 heterocycles. The highest BCUT2D eigenvalue weighted by atomic mass is 16.6. The molecule has 0 radical (unpaired) electrons. The number of methoxy groups -OCH3 is 1. The van der Waals surface area contributed by atoms with E-state index >= 15 is 0 Å². The number of hydrogen-bond acceptors (Lipinski definition) is 3. The van der Waals surface area contributed by atoms with Crippen LogP contribution in [0.2, 0.25) is 0 Å². The van der Waals surface area contributed by atoms with Crippen LogP contribution < -0.4 is 10.1 Å². The second-order valence-electron chi connectivity index (χ2n) is 6.54. The Labute approximate surface area is 121 Å². The molecule has 0 aliphatic heterocycles. The predicted molar refractivity (Wildman–Crippen MR) is 80.1 cm³/mol. The van der Waals surface area contributed by atoms with Crippen LogP contribution in [-0.2, 0) is 11.2 Å². The lowest BCUT2D eigenvalue weighted by atomic mass is 9.95. The van der Waals surface area contributed by atoms with E-state index in [1.807, 2.05) is 58.9 Å². The standard InChI is InChI=1S/C16H25NO3/c1-15(2,3)20-14(18)17-16(4,5)11-12-7-9-13(19-6)10-8-12/h7-10H,11H2,1-6H3,(H,17,18). The second-order valence-corrected chi connectivity index (χ2v) is 6.54. The molecule has 1 rings (SSSR count). The summed E-state index contributed by atoms with van der Waals surface area (Å²) in [4.78, 5) is 11.8. The van der Waals surface area contributed by atoms with Crippen LogP contribution in [0.15, 0.2) is 24.3 Å². The molecule has 0 saturated carbocycles. The minimum absolute atomic E-state index is 0.378. The van der Waals surface area contributed by atoms with Crippen molar-refractivity contribution in [1.82, 2.24) is 5.32 Å². The zero-order chi connectivity index (χ0) is 15.4. The fourth-order valence-electron chi connectivity index (χ4n) is 1.88. The van der Waals surface area contributed by atoms with Gasteiger partial charge in [-0.3, -0.25) is 0 Å². The van der Waals surface area contributed by atoms with Gasteiger partial charge < -0.3 is 14.8 Å². The first-order valence-electron chi connectivity index (χ1n) is 6.75. The Morgan fingerprint density at radius 1 is 1.10 bits per heavy atom. The number of rotatable bonds is 4. The Balaban J connectivity index is 2.62. The average molecular weight is 279 g/mol. The highest BCUT2D eigenvalue weighted by Crippen LogP contribution is 2.17. The van der Waals surface area contributed by atoms with E-state index in [9.17, 15) is 4.79 Å². The van der Waals surface area contributed by atoms with Gasteiger partial charge in [0, 0.05) is 5.54 Å². The summed E-state index contributed by atoms with van der Waals surface area (Å²) in [5, 5.41) is 2.90. The third-order valence-corrected chi connectivity index (χ3v) is 2.64. The van der Waals surface area contributed by atoms with Crippen molar-refractivity contribution in [3.8, 4) is 5.75 Å². The molecule has 0 spiro atoms. The second kappa shape index (κ2) is 6.16. The van der Waals surface area contributed by atoms with Crippen molar-refractivity contribution in [1.29, 1.82) is 0 Å². The Hall–Kier alpha value is -1.71. The van der Waals surface area contributed by atoms with Crippen LogP contribution in [0.5, 0.6) is 5.75 Å². The molecule has 4 nitrogen and oxygen atoms in total. The van der Waals surface area contributed by atoms with Crippen LogP contribution in [0.3, 0.4) is 0 Å². The monoisotopic (exact) mass is 279 g/mol. The van der Waals surface area contributed by atoms with Gasteiger partial charge in [0.2, 0.25) is 0 Å². The van der Waals surface area contributed by atoms with Crippen LogP contribution in [0, 0.1) is 0 Å². The van der Waals surface area contributed by atoms with Crippen LogP contribution in [0.1, 0.15) is 40.2 Å². The van der Waals surface area contributed by atoms with Gasteiger partial charge in [0.25, 0.3) is 0 Å². The summed E-state index contributed by atoms with van der Waals surface area (Å²) in [6.45, 7) is 9.50. The number of carbonyl (C=O) groups is 1. The highest BCUT2D eigenvalue weighted by Gasteiger charge is 2.24. The summed E-state index contributed by atoms with van der Waals surface area (Å²) in [5.74, 6) is 0.826. The van der Waals surface area contributed by atoms with Crippen LogP contribution in [0.4, 0.5) is 4.79 Å². The van der Waals surface area contributed by atoms with Crippen LogP contribution in [0.25, 0.3) is 0 Å². The van der Waals surface area contributed by atoms with E-state index in [4.69, 9.17) is 9.47 Å². The normalized spacial score (nSPS) is 11.9. The zero-order valence-electron chi connectivity index (χ0n) is 13.2. The lowest BCUT2D eigenvalue weighted by Crippen LogP contribution is -2.47. The maximum absolute atomic E-state index is 11.8. The van der Waals surface area contributed by atoms with E-state index in [0.717, 1.165) is 17.7 Å².